The van der Waals surface area contributed by atoms with Gasteiger partial charge in [-0.3, -0.25) is 4.79 Å². The van der Waals surface area contributed by atoms with Crippen LogP contribution in [0.15, 0.2) is 122 Å². The van der Waals surface area contributed by atoms with Crippen LogP contribution in [0, 0.1) is 5.92 Å². The number of alkyl halides is 2. The Morgan fingerprint density at radius 2 is 1.41 bits per heavy atom. The number of rotatable bonds is 9. The standard InChI is InChI=1S/C37H33F2N3O2/c1-44-35-20-17-31(32(41-35)18-19-34(43)27-21-23-36(38,39)24-22-27)33-25-42(26-40-33)37(28-11-5-2-6-12-28,29-13-7-3-8-14-29)30-15-9-4-10-16-30/h2-20,25-27H,21-24H2,1H3/b19-18+. The normalized spacial score (nSPS) is 15.3. The van der Waals surface area contributed by atoms with E-state index in [0.29, 0.717) is 22.8 Å². The number of hydrogen-bond acceptors (Lipinski definition) is 4. The van der Waals surface area contributed by atoms with Crippen molar-refractivity contribution >= 4 is 11.9 Å². The second-order valence-corrected chi connectivity index (χ2v) is 11.1. The van der Waals surface area contributed by atoms with Gasteiger partial charge in [0, 0.05) is 36.6 Å². The largest absolute Gasteiger partial charge is 0.481 e. The summed E-state index contributed by atoms with van der Waals surface area (Å²) in [5.74, 6) is -2.88. The van der Waals surface area contributed by atoms with E-state index >= 15 is 0 Å². The van der Waals surface area contributed by atoms with E-state index in [2.05, 4.69) is 45.9 Å². The number of imidazole rings is 1. The maximum atomic E-state index is 13.7. The molecule has 222 valence electrons. The fourth-order valence-electron chi connectivity index (χ4n) is 6.17. The summed E-state index contributed by atoms with van der Waals surface area (Å²) >= 11 is 0. The molecule has 0 atom stereocenters. The van der Waals surface area contributed by atoms with E-state index in [0.717, 1.165) is 16.7 Å². The lowest BCUT2D eigenvalue weighted by Crippen LogP contribution is -2.36. The lowest BCUT2D eigenvalue weighted by Gasteiger charge is -2.37. The van der Waals surface area contributed by atoms with E-state index < -0.39 is 17.4 Å². The topological polar surface area (TPSA) is 57.0 Å². The molecule has 0 N–H and O–H groups in total. The number of carbonyl (C=O) groups excluding carboxylic acids is 1. The summed E-state index contributed by atoms with van der Waals surface area (Å²) < 4.78 is 34.8. The van der Waals surface area contributed by atoms with Gasteiger partial charge in [-0.25, -0.2) is 18.7 Å². The number of aromatic nitrogens is 3. The lowest BCUT2D eigenvalue weighted by molar-refractivity contribution is -0.122. The van der Waals surface area contributed by atoms with Crippen LogP contribution in [0.1, 0.15) is 48.1 Å². The van der Waals surface area contributed by atoms with Crippen LogP contribution in [0.4, 0.5) is 8.78 Å². The van der Waals surface area contributed by atoms with Crippen molar-refractivity contribution in [1.29, 1.82) is 0 Å². The molecule has 1 aliphatic carbocycles. The molecule has 7 heteroatoms. The molecule has 5 nitrogen and oxygen atoms in total. The van der Waals surface area contributed by atoms with Gasteiger partial charge in [0.1, 0.15) is 5.54 Å². The van der Waals surface area contributed by atoms with Gasteiger partial charge in [0.2, 0.25) is 11.8 Å². The molecule has 0 radical (unpaired) electrons. The van der Waals surface area contributed by atoms with Gasteiger partial charge in [-0.1, -0.05) is 91.0 Å². The monoisotopic (exact) mass is 589 g/mol. The van der Waals surface area contributed by atoms with Crippen molar-refractivity contribution in [2.45, 2.75) is 37.1 Å². The number of methoxy groups -OCH3 is 1. The molecule has 2 heterocycles. The van der Waals surface area contributed by atoms with Gasteiger partial charge in [0.05, 0.1) is 24.8 Å². The average molecular weight is 590 g/mol. The number of nitrogens with zero attached hydrogens (tertiary/aromatic N) is 3. The molecule has 3 aromatic carbocycles. The highest BCUT2D eigenvalue weighted by atomic mass is 19.3. The first-order valence-electron chi connectivity index (χ1n) is 14.8. The highest BCUT2D eigenvalue weighted by Crippen LogP contribution is 2.42. The fourth-order valence-corrected chi connectivity index (χ4v) is 6.17. The Kier molecular flexibility index (Phi) is 8.20. The number of carbonyl (C=O) groups is 1. The molecule has 0 spiro atoms. The Bertz CT molecular complexity index is 1650. The Balaban J connectivity index is 1.44. The highest BCUT2D eigenvalue weighted by molar-refractivity contribution is 5.96. The predicted octanol–water partition coefficient (Wildman–Crippen LogP) is 8.20. The van der Waals surface area contributed by atoms with Crippen molar-refractivity contribution in [2.75, 3.05) is 7.11 Å². The minimum atomic E-state index is -2.69. The van der Waals surface area contributed by atoms with Crippen LogP contribution in [0.5, 0.6) is 5.88 Å². The van der Waals surface area contributed by atoms with E-state index in [4.69, 9.17) is 9.72 Å². The summed E-state index contributed by atoms with van der Waals surface area (Å²) in [5.41, 5.74) is 4.36. The van der Waals surface area contributed by atoms with Crippen molar-refractivity contribution in [3.8, 4) is 17.1 Å². The Morgan fingerprint density at radius 3 is 1.93 bits per heavy atom. The molecule has 0 saturated heterocycles. The van der Waals surface area contributed by atoms with E-state index in [1.807, 2.05) is 73.2 Å². The first kappa shape index (κ1) is 29.2. The zero-order chi connectivity index (χ0) is 30.6. The van der Waals surface area contributed by atoms with Crippen molar-refractivity contribution in [3.05, 3.63) is 144 Å². The molecule has 44 heavy (non-hydrogen) atoms. The predicted molar refractivity (Wildman–Crippen MR) is 168 cm³/mol. The molecule has 6 rings (SSSR count). The average Bonchev–Trinajstić information content (AvgIpc) is 3.55. The van der Waals surface area contributed by atoms with Gasteiger partial charge in [-0.2, -0.15) is 0 Å². The van der Waals surface area contributed by atoms with E-state index in [1.54, 1.807) is 12.1 Å². The van der Waals surface area contributed by atoms with Crippen molar-refractivity contribution in [3.63, 3.8) is 0 Å². The first-order chi connectivity index (χ1) is 21.4. The molecular formula is C37H33F2N3O2. The molecule has 1 fully saturated rings. The number of ketones is 1. The van der Waals surface area contributed by atoms with Crippen molar-refractivity contribution in [2.24, 2.45) is 5.92 Å². The SMILES string of the molecule is COc1ccc(-c2cn(C(c3ccccc3)(c3ccccc3)c3ccccc3)cn2)c(/C=C/C(=O)C2CCC(F)(F)CC2)n1. The third kappa shape index (κ3) is 5.70. The first-order valence-corrected chi connectivity index (χ1v) is 14.8. The summed E-state index contributed by atoms with van der Waals surface area (Å²) in [6.07, 6.45) is 6.77. The van der Waals surface area contributed by atoms with E-state index in [9.17, 15) is 13.6 Å². The van der Waals surface area contributed by atoms with Crippen LogP contribution in [0.3, 0.4) is 0 Å². The molecule has 1 aliphatic rings. The number of allylic oxidation sites excluding steroid dienone is 1. The Morgan fingerprint density at radius 1 is 0.864 bits per heavy atom. The van der Waals surface area contributed by atoms with Gasteiger partial charge >= 0.3 is 0 Å². The summed E-state index contributed by atoms with van der Waals surface area (Å²) in [5, 5.41) is 0. The van der Waals surface area contributed by atoms with E-state index in [1.165, 1.54) is 13.2 Å². The number of halogens is 2. The molecule has 0 bridgehead atoms. The highest BCUT2D eigenvalue weighted by Gasteiger charge is 2.39. The molecule has 2 aromatic heterocycles. The van der Waals surface area contributed by atoms with Crippen LogP contribution >= 0.6 is 0 Å². The van der Waals surface area contributed by atoms with Crippen LogP contribution in [0.2, 0.25) is 0 Å². The summed E-state index contributed by atoms with van der Waals surface area (Å²) in [4.78, 5) is 22.5. The van der Waals surface area contributed by atoms with Crippen LogP contribution in [-0.4, -0.2) is 33.4 Å². The second kappa shape index (κ2) is 12.4. The molecule has 1 saturated carbocycles. The number of pyridine rings is 1. The summed E-state index contributed by atoms with van der Waals surface area (Å²) in [6, 6.07) is 34.6. The van der Waals surface area contributed by atoms with Gasteiger partial charge < -0.3 is 9.30 Å². The number of benzene rings is 3. The zero-order valence-corrected chi connectivity index (χ0v) is 24.4. The zero-order valence-electron chi connectivity index (χ0n) is 24.4. The third-order valence-electron chi connectivity index (χ3n) is 8.45. The Labute approximate surface area is 255 Å². The van der Waals surface area contributed by atoms with Crippen molar-refractivity contribution < 1.29 is 18.3 Å². The van der Waals surface area contributed by atoms with Crippen LogP contribution in [-0.2, 0) is 10.3 Å². The van der Waals surface area contributed by atoms with Gasteiger partial charge in [0.25, 0.3) is 0 Å². The minimum Gasteiger partial charge on any atom is -0.481 e. The second-order valence-electron chi connectivity index (χ2n) is 11.1. The van der Waals surface area contributed by atoms with Gasteiger partial charge in [-0.15, -0.1) is 0 Å². The lowest BCUT2D eigenvalue weighted by atomic mass is 9.77. The quantitative estimate of drug-likeness (QED) is 0.128. The third-order valence-corrected chi connectivity index (χ3v) is 8.45. The summed E-state index contributed by atoms with van der Waals surface area (Å²) in [7, 11) is 1.53. The van der Waals surface area contributed by atoms with Crippen molar-refractivity contribution in [1.82, 2.24) is 14.5 Å². The molecule has 0 aliphatic heterocycles. The number of hydrogen-bond donors (Lipinski definition) is 0. The summed E-state index contributed by atoms with van der Waals surface area (Å²) in [6.45, 7) is 0. The fraction of sp³-hybridized carbons (Fsp3) is 0.216. The number of ether oxygens (including phenoxy) is 1. The maximum absolute atomic E-state index is 13.7. The van der Waals surface area contributed by atoms with Gasteiger partial charge in [-0.05, 0) is 47.8 Å². The molecular weight excluding hydrogens is 556 g/mol. The van der Waals surface area contributed by atoms with Crippen LogP contribution in [0.25, 0.3) is 17.3 Å². The molecule has 0 unspecified atom stereocenters. The molecule has 5 aromatic rings. The maximum Gasteiger partial charge on any atom is 0.248 e. The smallest absolute Gasteiger partial charge is 0.248 e. The molecule has 0 amide bonds. The Hall–Kier alpha value is -4.91. The van der Waals surface area contributed by atoms with E-state index in [-0.39, 0.29) is 31.5 Å². The van der Waals surface area contributed by atoms with Gasteiger partial charge in [0.15, 0.2) is 5.78 Å². The minimum absolute atomic E-state index is 0.169. The van der Waals surface area contributed by atoms with Crippen LogP contribution < -0.4 is 4.74 Å².